The minimum absolute atomic E-state index is 0.0959. The molecule has 4 aromatic rings. The van der Waals surface area contributed by atoms with Crippen LogP contribution in [0, 0.1) is 11.6 Å². The molecule has 4 aromatic carbocycles. The molecule has 0 unspecified atom stereocenters. The zero-order valence-corrected chi connectivity index (χ0v) is 18.2. The number of hydrogen-bond donors (Lipinski definition) is 0. The van der Waals surface area contributed by atoms with Crippen molar-refractivity contribution in [2.75, 3.05) is 0 Å². The van der Waals surface area contributed by atoms with E-state index in [1.807, 2.05) is 91.0 Å². The Bertz CT molecular complexity index is 996. The summed E-state index contributed by atoms with van der Waals surface area (Å²) in [5.41, 5.74) is 0.0959. The van der Waals surface area contributed by atoms with Gasteiger partial charge >= 0.3 is 178 Å². The van der Waals surface area contributed by atoms with Crippen LogP contribution in [0.15, 0.2) is 109 Å². The normalized spacial score (nSPS) is 12.9. The Balaban J connectivity index is 2.13. The van der Waals surface area contributed by atoms with Crippen molar-refractivity contribution in [1.29, 1.82) is 0 Å². The molecule has 0 aliphatic carbocycles. The Hall–Kier alpha value is -2.35. The van der Waals surface area contributed by atoms with Gasteiger partial charge in [-0.05, 0) is 0 Å². The van der Waals surface area contributed by atoms with Gasteiger partial charge in [0.2, 0.25) is 0 Å². The van der Waals surface area contributed by atoms with Crippen LogP contribution in [0.2, 0.25) is 0 Å². The number of benzene rings is 4. The van der Waals surface area contributed by atoms with Crippen molar-refractivity contribution >= 4 is 36.7 Å². The second kappa shape index (κ2) is 7.82. The molecule has 0 spiro atoms. The summed E-state index contributed by atoms with van der Waals surface area (Å²) in [4.78, 5) is 0. The van der Waals surface area contributed by atoms with E-state index in [2.05, 4.69) is 15.5 Å². The third kappa shape index (κ3) is 3.33. The van der Waals surface area contributed by atoms with E-state index in [0.29, 0.717) is 0 Å². The molecule has 0 fully saturated rings. The van der Waals surface area contributed by atoms with Gasteiger partial charge in [0.15, 0.2) is 0 Å². The Kier molecular flexibility index (Phi) is 5.38. The predicted octanol–water partition coefficient (Wildman–Crippen LogP) is 6.30. The van der Waals surface area contributed by atoms with Gasteiger partial charge in [0.1, 0.15) is 0 Å². The molecule has 0 N–H and O–H groups in total. The van der Waals surface area contributed by atoms with Gasteiger partial charge in [-0.15, -0.1) is 0 Å². The average Bonchev–Trinajstić information content (AvgIpc) is 2.78. The van der Waals surface area contributed by atoms with E-state index in [0.717, 1.165) is 15.9 Å². The van der Waals surface area contributed by atoms with Gasteiger partial charge in [-0.25, -0.2) is 0 Å². The van der Waals surface area contributed by atoms with E-state index in [9.17, 15) is 8.78 Å². The summed E-state index contributed by atoms with van der Waals surface area (Å²) in [5, 5.41) is -0.334. The predicted molar refractivity (Wildman–Crippen MR) is 124 cm³/mol. The summed E-state index contributed by atoms with van der Waals surface area (Å²) in [6.07, 6.45) is 0.197. The number of rotatable bonds is 5. The third-order valence-electron chi connectivity index (χ3n) is 5.40. The SMILES string of the molecule is Fc1cccc(F)c1CP(Br)(c1ccccc1)(c1ccccc1)c1ccccc1. The maximum absolute atomic E-state index is 14.9. The zero-order chi connectivity index (χ0) is 20.3. The fraction of sp³-hybridized carbons (Fsp3) is 0.0400. The molecule has 0 nitrogen and oxygen atoms in total. The van der Waals surface area contributed by atoms with E-state index in [4.69, 9.17) is 0 Å². The Morgan fingerprint density at radius 2 is 0.862 bits per heavy atom. The summed E-state index contributed by atoms with van der Waals surface area (Å²) in [6, 6.07) is 34.1. The molecule has 0 saturated heterocycles. The molecule has 0 heterocycles. The van der Waals surface area contributed by atoms with E-state index >= 15 is 0 Å². The molecule has 0 radical (unpaired) electrons. The van der Waals surface area contributed by atoms with Crippen LogP contribution in [0.25, 0.3) is 0 Å². The third-order valence-corrected chi connectivity index (χ3v) is 14.9. The van der Waals surface area contributed by atoms with Crippen LogP contribution >= 0.6 is 20.8 Å². The van der Waals surface area contributed by atoms with Crippen LogP contribution in [0.1, 0.15) is 5.56 Å². The second-order valence-electron chi connectivity index (χ2n) is 7.05. The summed E-state index contributed by atoms with van der Waals surface area (Å²) in [7, 11) is 0. The molecule has 0 bridgehead atoms. The summed E-state index contributed by atoms with van der Waals surface area (Å²) < 4.78 is 29.7. The van der Waals surface area contributed by atoms with E-state index in [-0.39, 0.29) is 11.7 Å². The molecule has 0 aliphatic heterocycles. The number of hydrogen-bond acceptors (Lipinski definition) is 0. The van der Waals surface area contributed by atoms with Gasteiger partial charge in [-0.2, -0.15) is 0 Å². The first-order valence-electron chi connectivity index (χ1n) is 9.36. The monoisotopic (exact) mass is 468 g/mol. The topological polar surface area (TPSA) is 0 Å². The molecule has 4 rings (SSSR count). The van der Waals surface area contributed by atoms with E-state index in [1.54, 1.807) is 0 Å². The molecule has 146 valence electrons. The molecule has 4 heteroatoms. The second-order valence-corrected chi connectivity index (χ2v) is 16.0. The summed E-state index contributed by atoms with van der Waals surface area (Å²) >= 11 is 4.22. The van der Waals surface area contributed by atoms with Crippen LogP contribution in [0.4, 0.5) is 8.78 Å². The van der Waals surface area contributed by atoms with E-state index < -0.39 is 16.9 Å². The minimum atomic E-state index is -3.41. The van der Waals surface area contributed by atoms with Gasteiger partial charge in [-0.1, -0.05) is 0 Å². The summed E-state index contributed by atoms with van der Waals surface area (Å²) in [5.74, 6) is -1.05. The van der Waals surface area contributed by atoms with Crippen molar-refractivity contribution in [1.82, 2.24) is 0 Å². The molecule has 0 amide bonds. The zero-order valence-electron chi connectivity index (χ0n) is 15.7. The van der Waals surface area contributed by atoms with Gasteiger partial charge in [-0.3, -0.25) is 0 Å². The average molecular weight is 469 g/mol. The van der Waals surface area contributed by atoms with Crippen molar-refractivity contribution in [3.8, 4) is 0 Å². The molecule has 0 aliphatic rings. The number of halogens is 3. The standard InChI is InChI=1S/C25H20BrF2P/c26-29(20-11-4-1-5-12-20,21-13-6-2-7-14-21,22-15-8-3-9-16-22)19-23-24(27)17-10-18-25(23)28/h1-18H,19H2. The van der Waals surface area contributed by atoms with Crippen molar-refractivity contribution < 1.29 is 8.78 Å². The van der Waals surface area contributed by atoms with E-state index in [1.165, 1.54) is 18.2 Å². The van der Waals surface area contributed by atoms with Crippen LogP contribution < -0.4 is 15.9 Å². The van der Waals surface area contributed by atoms with Crippen molar-refractivity contribution in [2.24, 2.45) is 0 Å². The first kappa shape index (κ1) is 19.9. The van der Waals surface area contributed by atoms with Crippen LogP contribution in [0.3, 0.4) is 0 Å². The van der Waals surface area contributed by atoms with Crippen LogP contribution in [0.5, 0.6) is 0 Å². The fourth-order valence-corrected chi connectivity index (χ4v) is 11.5. The van der Waals surface area contributed by atoms with Crippen LogP contribution in [-0.2, 0) is 6.16 Å². The van der Waals surface area contributed by atoms with Crippen LogP contribution in [-0.4, -0.2) is 0 Å². The van der Waals surface area contributed by atoms with Gasteiger partial charge in [0.25, 0.3) is 0 Å². The Labute approximate surface area is 177 Å². The van der Waals surface area contributed by atoms with Crippen molar-refractivity contribution in [2.45, 2.75) is 6.16 Å². The van der Waals surface area contributed by atoms with Gasteiger partial charge in [0.05, 0.1) is 0 Å². The molecule has 0 saturated carbocycles. The Morgan fingerprint density at radius 3 is 1.21 bits per heavy atom. The first-order chi connectivity index (χ1) is 14.0. The molecular weight excluding hydrogens is 449 g/mol. The molecular formula is C25H20BrF2P. The molecule has 0 atom stereocenters. The maximum atomic E-state index is 14.9. The van der Waals surface area contributed by atoms with Crippen molar-refractivity contribution in [3.05, 3.63) is 126 Å². The molecule has 0 aromatic heterocycles. The molecule has 29 heavy (non-hydrogen) atoms. The van der Waals surface area contributed by atoms with Crippen molar-refractivity contribution in [3.63, 3.8) is 0 Å². The first-order valence-corrected chi connectivity index (χ1v) is 13.8. The van der Waals surface area contributed by atoms with Gasteiger partial charge in [0, 0.05) is 0 Å². The Morgan fingerprint density at radius 1 is 0.517 bits per heavy atom. The summed E-state index contributed by atoms with van der Waals surface area (Å²) in [6.45, 7) is 0. The fourth-order valence-electron chi connectivity index (χ4n) is 3.92. The quantitative estimate of drug-likeness (QED) is 0.301. The van der Waals surface area contributed by atoms with Gasteiger partial charge < -0.3 is 0 Å².